The van der Waals surface area contributed by atoms with E-state index in [1.807, 2.05) is 25.1 Å². The smallest absolute Gasteiger partial charge is 0.277 e. The molecule has 1 heterocycles. The molecule has 24 heavy (non-hydrogen) atoms. The summed E-state index contributed by atoms with van der Waals surface area (Å²) >= 11 is 5.80. The van der Waals surface area contributed by atoms with Gasteiger partial charge in [0, 0.05) is 10.4 Å². The topological polar surface area (TPSA) is 86.9 Å². The second-order valence-electron chi connectivity index (χ2n) is 5.43. The summed E-state index contributed by atoms with van der Waals surface area (Å²) in [6.07, 6.45) is 0.137. The Kier molecular flexibility index (Phi) is 4.48. The highest BCUT2D eigenvalue weighted by Crippen LogP contribution is 2.17. The number of halogens is 1. The Bertz CT molecular complexity index is 903. The molecule has 0 unspecified atom stereocenters. The van der Waals surface area contributed by atoms with Crippen LogP contribution >= 0.6 is 11.6 Å². The second-order valence-corrected chi connectivity index (χ2v) is 5.86. The predicted molar refractivity (Wildman–Crippen MR) is 91.6 cm³/mol. The normalized spacial score (nSPS) is 10.6. The van der Waals surface area contributed by atoms with Crippen molar-refractivity contribution < 1.29 is 9.59 Å². The average molecular weight is 343 g/mol. The molecule has 0 saturated carbocycles. The first-order valence-electron chi connectivity index (χ1n) is 7.31. The summed E-state index contributed by atoms with van der Waals surface area (Å²) in [6, 6.07) is 12.6. The SMILES string of the molecule is Cc1ccc2[nH]nc(C(=O)NNC(=O)Cc3ccc(Cl)cc3)c2c1. The molecule has 2 amide bonds. The second kappa shape index (κ2) is 6.72. The van der Waals surface area contributed by atoms with Crippen LogP contribution in [0.2, 0.25) is 5.02 Å². The Balaban J connectivity index is 1.63. The number of nitrogens with one attached hydrogen (secondary N) is 3. The van der Waals surface area contributed by atoms with Crippen LogP contribution in [0.5, 0.6) is 0 Å². The van der Waals surface area contributed by atoms with E-state index in [0.29, 0.717) is 10.4 Å². The maximum atomic E-state index is 12.2. The third-order valence-electron chi connectivity index (χ3n) is 3.53. The highest BCUT2D eigenvalue weighted by Gasteiger charge is 2.15. The van der Waals surface area contributed by atoms with Crippen molar-refractivity contribution in [2.24, 2.45) is 0 Å². The van der Waals surface area contributed by atoms with Gasteiger partial charge in [-0.15, -0.1) is 0 Å². The Morgan fingerprint density at radius 2 is 1.88 bits per heavy atom. The average Bonchev–Trinajstić information content (AvgIpc) is 2.98. The minimum Gasteiger partial charge on any atom is -0.277 e. The lowest BCUT2D eigenvalue weighted by Crippen LogP contribution is -2.42. The minimum absolute atomic E-state index is 0.137. The number of aryl methyl sites for hydroxylation is 1. The number of fused-ring (bicyclic) bond motifs is 1. The molecule has 0 aliphatic rings. The molecular formula is C17H15ClN4O2. The molecule has 0 saturated heterocycles. The van der Waals surface area contributed by atoms with Gasteiger partial charge >= 0.3 is 0 Å². The summed E-state index contributed by atoms with van der Waals surface area (Å²) in [5.41, 5.74) is 7.58. The van der Waals surface area contributed by atoms with Crippen LogP contribution in [0, 0.1) is 6.92 Å². The summed E-state index contributed by atoms with van der Waals surface area (Å²) < 4.78 is 0. The number of aromatic nitrogens is 2. The quantitative estimate of drug-likeness (QED) is 0.639. The summed E-state index contributed by atoms with van der Waals surface area (Å²) in [7, 11) is 0. The Morgan fingerprint density at radius 3 is 2.62 bits per heavy atom. The monoisotopic (exact) mass is 342 g/mol. The van der Waals surface area contributed by atoms with Gasteiger partial charge in [0.25, 0.3) is 5.91 Å². The molecule has 0 fully saturated rings. The van der Waals surface area contributed by atoms with E-state index < -0.39 is 5.91 Å². The zero-order valence-electron chi connectivity index (χ0n) is 12.9. The zero-order chi connectivity index (χ0) is 17.1. The van der Waals surface area contributed by atoms with Gasteiger partial charge in [0.15, 0.2) is 5.69 Å². The minimum atomic E-state index is -0.476. The molecular weight excluding hydrogens is 328 g/mol. The van der Waals surface area contributed by atoms with E-state index in [1.165, 1.54) is 0 Å². The molecule has 0 aliphatic carbocycles. The van der Waals surface area contributed by atoms with Gasteiger partial charge in [0.05, 0.1) is 11.9 Å². The van der Waals surface area contributed by atoms with Crippen LogP contribution in [0.1, 0.15) is 21.6 Å². The maximum Gasteiger partial charge on any atom is 0.290 e. The first kappa shape index (κ1) is 16.0. The van der Waals surface area contributed by atoms with Crippen LogP contribution < -0.4 is 10.9 Å². The van der Waals surface area contributed by atoms with Crippen molar-refractivity contribution in [3.63, 3.8) is 0 Å². The first-order valence-corrected chi connectivity index (χ1v) is 7.69. The molecule has 0 spiro atoms. The molecule has 7 heteroatoms. The molecule has 122 valence electrons. The lowest BCUT2D eigenvalue weighted by Gasteiger charge is -2.06. The number of amides is 2. The van der Waals surface area contributed by atoms with Crippen LogP contribution in [0.15, 0.2) is 42.5 Å². The van der Waals surface area contributed by atoms with Gasteiger partial charge in [-0.2, -0.15) is 5.10 Å². The van der Waals surface area contributed by atoms with Crippen LogP contribution in [0.3, 0.4) is 0 Å². The predicted octanol–water partition coefficient (Wildman–Crippen LogP) is 2.53. The van der Waals surface area contributed by atoms with E-state index >= 15 is 0 Å². The largest absolute Gasteiger partial charge is 0.290 e. The van der Waals surface area contributed by atoms with Crippen LogP contribution in [-0.4, -0.2) is 22.0 Å². The van der Waals surface area contributed by atoms with Gasteiger partial charge in [-0.05, 0) is 36.8 Å². The number of carbonyl (C=O) groups excluding carboxylic acids is 2. The van der Waals surface area contributed by atoms with Crippen molar-refractivity contribution in [1.82, 2.24) is 21.0 Å². The van der Waals surface area contributed by atoms with Crippen molar-refractivity contribution in [2.45, 2.75) is 13.3 Å². The van der Waals surface area contributed by atoms with Gasteiger partial charge < -0.3 is 0 Å². The fourth-order valence-electron chi connectivity index (χ4n) is 2.32. The van der Waals surface area contributed by atoms with E-state index in [-0.39, 0.29) is 18.0 Å². The third kappa shape index (κ3) is 3.55. The molecule has 3 aromatic rings. The van der Waals surface area contributed by atoms with Crippen molar-refractivity contribution in [1.29, 1.82) is 0 Å². The number of aromatic amines is 1. The van der Waals surface area contributed by atoms with Crippen LogP contribution in [0.4, 0.5) is 0 Å². The maximum absolute atomic E-state index is 12.2. The molecule has 2 aromatic carbocycles. The third-order valence-corrected chi connectivity index (χ3v) is 3.78. The summed E-state index contributed by atoms with van der Waals surface area (Å²) in [4.78, 5) is 24.1. The first-order chi connectivity index (χ1) is 11.5. The molecule has 0 aliphatic heterocycles. The molecule has 3 N–H and O–H groups in total. The molecule has 0 bridgehead atoms. The zero-order valence-corrected chi connectivity index (χ0v) is 13.6. The van der Waals surface area contributed by atoms with Gasteiger partial charge in [0.2, 0.25) is 5.91 Å². The lowest BCUT2D eigenvalue weighted by atomic mass is 10.1. The van der Waals surface area contributed by atoms with Gasteiger partial charge in [-0.25, -0.2) is 0 Å². The summed E-state index contributed by atoms with van der Waals surface area (Å²) in [5.74, 6) is -0.807. The van der Waals surface area contributed by atoms with Gasteiger partial charge in [-0.1, -0.05) is 35.4 Å². The van der Waals surface area contributed by atoms with E-state index in [9.17, 15) is 9.59 Å². The fraction of sp³-hybridized carbons (Fsp3) is 0.118. The summed E-state index contributed by atoms with van der Waals surface area (Å²) in [6.45, 7) is 1.93. The van der Waals surface area contributed by atoms with Gasteiger partial charge in [-0.3, -0.25) is 25.5 Å². The fourth-order valence-corrected chi connectivity index (χ4v) is 2.44. The Hall–Kier alpha value is -2.86. The van der Waals surface area contributed by atoms with E-state index in [2.05, 4.69) is 21.0 Å². The summed E-state index contributed by atoms with van der Waals surface area (Å²) in [5, 5.41) is 8.11. The molecule has 3 rings (SSSR count). The number of carbonyl (C=O) groups is 2. The highest BCUT2D eigenvalue weighted by atomic mass is 35.5. The highest BCUT2D eigenvalue weighted by molar-refractivity contribution is 6.30. The van der Waals surface area contributed by atoms with E-state index in [1.54, 1.807) is 24.3 Å². The van der Waals surface area contributed by atoms with Crippen LogP contribution in [0.25, 0.3) is 10.9 Å². The number of H-pyrrole nitrogens is 1. The molecule has 6 nitrogen and oxygen atoms in total. The number of benzene rings is 2. The number of hydrazine groups is 1. The number of rotatable bonds is 3. The van der Waals surface area contributed by atoms with Crippen LogP contribution in [-0.2, 0) is 11.2 Å². The standard InChI is InChI=1S/C17H15ClN4O2/c1-10-2-7-14-13(8-10)16(21-19-14)17(24)22-20-15(23)9-11-3-5-12(18)6-4-11/h2-8H,9H2,1H3,(H,19,21)(H,20,23)(H,22,24). The lowest BCUT2D eigenvalue weighted by molar-refractivity contribution is -0.121. The van der Waals surface area contributed by atoms with Crippen molar-refractivity contribution in [2.75, 3.05) is 0 Å². The number of nitrogens with zero attached hydrogens (tertiary/aromatic N) is 1. The Labute approximate surface area is 143 Å². The Morgan fingerprint density at radius 1 is 1.12 bits per heavy atom. The molecule has 1 aromatic heterocycles. The van der Waals surface area contributed by atoms with E-state index in [0.717, 1.165) is 16.6 Å². The van der Waals surface area contributed by atoms with Crippen molar-refractivity contribution >= 4 is 34.3 Å². The number of hydrogen-bond acceptors (Lipinski definition) is 3. The number of hydrogen-bond donors (Lipinski definition) is 3. The molecule has 0 radical (unpaired) electrons. The van der Waals surface area contributed by atoms with Gasteiger partial charge in [0.1, 0.15) is 0 Å². The molecule has 0 atom stereocenters. The van der Waals surface area contributed by atoms with Crippen molar-refractivity contribution in [3.8, 4) is 0 Å². The van der Waals surface area contributed by atoms with E-state index in [4.69, 9.17) is 11.6 Å². The van der Waals surface area contributed by atoms with Crippen molar-refractivity contribution in [3.05, 3.63) is 64.3 Å².